The number of carboxylic acid groups (broad SMARTS) is 1. The van der Waals surface area contributed by atoms with Gasteiger partial charge in [0.05, 0.1) is 18.6 Å². The van der Waals surface area contributed by atoms with Gasteiger partial charge in [-0.2, -0.15) is 13.2 Å². The summed E-state index contributed by atoms with van der Waals surface area (Å²) >= 11 is 0. The van der Waals surface area contributed by atoms with Gasteiger partial charge in [-0.3, -0.25) is 9.59 Å². The maximum absolute atomic E-state index is 12.9. The van der Waals surface area contributed by atoms with Crippen LogP contribution in [0.4, 0.5) is 13.2 Å². The first kappa shape index (κ1) is 29.7. The first-order valence-corrected chi connectivity index (χ1v) is 12.8. The van der Waals surface area contributed by atoms with Crippen LogP contribution in [-0.4, -0.2) is 30.1 Å². The van der Waals surface area contributed by atoms with E-state index in [-0.39, 0.29) is 24.3 Å². The summed E-state index contributed by atoms with van der Waals surface area (Å²) in [5.41, 5.74) is 4.24. The number of aryl methyl sites for hydroxylation is 3. The molecule has 39 heavy (non-hydrogen) atoms. The van der Waals surface area contributed by atoms with Crippen LogP contribution < -0.4 is 10.1 Å². The third kappa shape index (κ3) is 8.60. The number of alkyl halides is 3. The minimum atomic E-state index is -4.36. The fourth-order valence-electron chi connectivity index (χ4n) is 4.33. The van der Waals surface area contributed by atoms with E-state index in [2.05, 4.69) is 19.2 Å². The minimum Gasteiger partial charge on any atom is -0.493 e. The standard InChI is InChI=1S/C31H34F3NO4/c1-20-17-26(18-21(2)28(20)23-9-11-25(12-10-23)31(32,33)34)39-19-30(3,4)15-13-22-5-7-24(8-6-22)29(38)35-16-14-27(36)37/h5-12,17-18H,13-16,19H2,1-4H3,(H,35,38)(H,36,37). The number of carbonyl (C=O) groups excluding carboxylic acids is 1. The molecular formula is C31H34F3NO4. The van der Waals surface area contributed by atoms with Crippen molar-refractivity contribution < 1.29 is 32.6 Å². The Kier molecular flexibility index (Phi) is 9.43. The molecule has 0 saturated carbocycles. The van der Waals surface area contributed by atoms with Crippen LogP contribution in [0.1, 0.15) is 59.3 Å². The van der Waals surface area contributed by atoms with Crippen LogP contribution in [0.15, 0.2) is 60.7 Å². The molecule has 3 rings (SSSR count). The number of nitrogens with one attached hydrogen (secondary N) is 1. The van der Waals surface area contributed by atoms with E-state index in [1.165, 1.54) is 12.1 Å². The summed E-state index contributed by atoms with van der Waals surface area (Å²) in [6.07, 6.45) is -2.85. The molecule has 208 valence electrons. The summed E-state index contributed by atoms with van der Waals surface area (Å²) in [6.45, 7) is 8.65. The molecule has 0 radical (unpaired) electrons. The Hall–Kier alpha value is -3.81. The number of amides is 1. The van der Waals surface area contributed by atoms with Crippen LogP contribution in [0.5, 0.6) is 5.75 Å². The Morgan fingerprint density at radius 2 is 1.51 bits per heavy atom. The van der Waals surface area contributed by atoms with Gasteiger partial charge in [-0.05, 0) is 96.3 Å². The lowest BCUT2D eigenvalue weighted by Gasteiger charge is -2.25. The molecular weight excluding hydrogens is 507 g/mol. The number of rotatable bonds is 11. The van der Waals surface area contributed by atoms with Gasteiger partial charge in [0.1, 0.15) is 5.75 Å². The van der Waals surface area contributed by atoms with E-state index in [9.17, 15) is 22.8 Å². The number of carbonyl (C=O) groups is 2. The van der Waals surface area contributed by atoms with Gasteiger partial charge in [0.2, 0.25) is 0 Å². The Morgan fingerprint density at radius 3 is 2.05 bits per heavy atom. The zero-order valence-corrected chi connectivity index (χ0v) is 22.6. The highest BCUT2D eigenvalue weighted by atomic mass is 19.4. The molecule has 3 aromatic carbocycles. The van der Waals surface area contributed by atoms with E-state index < -0.39 is 17.7 Å². The summed E-state index contributed by atoms with van der Waals surface area (Å²) < 4.78 is 44.9. The molecule has 0 aliphatic rings. The molecule has 0 unspecified atom stereocenters. The number of hydrogen-bond donors (Lipinski definition) is 2. The Bertz CT molecular complexity index is 1270. The molecule has 0 heterocycles. The van der Waals surface area contributed by atoms with Crippen molar-refractivity contribution in [3.8, 4) is 16.9 Å². The fraction of sp³-hybridized carbons (Fsp3) is 0.355. The van der Waals surface area contributed by atoms with Crippen molar-refractivity contribution in [3.63, 3.8) is 0 Å². The molecule has 8 heteroatoms. The van der Waals surface area contributed by atoms with E-state index in [1.807, 2.05) is 38.1 Å². The monoisotopic (exact) mass is 541 g/mol. The molecule has 5 nitrogen and oxygen atoms in total. The molecule has 0 spiro atoms. The van der Waals surface area contributed by atoms with E-state index in [1.54, 1.807) is 12.1 Å². The molecule has 0 aliphatic heterocycles. The third-order valence-corrected chi connectivity index (χ3v) is 6.57. The van der Waals surface area contributed by atoms with Gasteiger partial charge >= 0.3 is 12.1 Å². The Balaban J connectivity index is 1.56. The lowest BCUT2D eigenvalue weighted by Crippen LogP contribution is -2.26. The van der Waals surface area contributed by atoms with E-state index >= 15 is 0 Å². The second-order valence-corrected chi connectivity index (χ2v) is 10.6. The molecule has 3 aromatic rings. The fourth-order valence-corrected chi connectivity index (χ4v) is 4.33. The van der Waals surface area contributed by atoms with Crippen LogP contribution in [0.25, 0.3) is 11.1 Å². The highest BCUT2D eigenvalue weighted by Crippen LogP contribution is 2.35. The quantitative estimate of drug-likeness (QED) is 0.269. The van der Waals surface area contributed by atoms with Crippen molar-refractivity contribution in [3.05, 3.63) is 88.5 Å². The molecule has 0 atom stereocenters. The van der Waals surface area contributed by atoms with E-state index in [0.717, 1.165) is 52.8 Å². The van der Waals surface area contributed by atoms with Crippen molar-refractivity contribution >= 4 is 11.9 Å². The molecule has 1 amide bonds. The van der Waals surface area contributed by atoms with Crippen molar-refractivity contribution in [2.24, 2.45) is 5.41 Å². The highest BCUT2D eigenvalue weighted by molar-refractivity contribution is 5.94. The van der Waals surface area contributed by atoms with Gasteiger partial charge in [0.25, 0.3) is 5.91 Å². The Morgan fingerprint density at radius 1 is 0.923 bits per heavy atom. The van der Waals surface area contributed by atoms with E-state index in [4.69, 9.17) is 9.84 Å². The second-order valence-electron chi connectivity index (χ2n) is 10.6. The lowest BCUT2D eigenvalue weighted by atomic mass is 9.87. The normalized spacial score (nSPS) is 11.8. The van der Waals surface area contributed by atoms with Crippen LogP contribution >= 0.6 is 0 Å². The predicted octanol–water partition coefficient (Wildman–Crippen LogP) is 7.23. The van der Waals surface area contributed by atoms with Crippen LogP contribution in [0, 0.1) is 19.3 Å². The molecule has 0 fully saturated rings. The number of halogens is 3. The lowest BCUT2D eigenvalue weighted by molar-refractivity contribution is -0.138. The Labute approximate surface area is 227 Å². The molecule has 0 aromatic heterocycles. The summed E-state index contributed by atoms with van der Waals surface area (Å²) in [5.74, 6) is -0.545. The van der Waals surface area contributed by atoms with Gasteiger partial charge < -0.3 is 15.2 Å². The zero-order valence-electron chi connectivity index (χ0n) is 22.6. The maximum Gasteiger partial charge on any atom is 0.416 e. The van der Waals surface area contributed by atoms with Crippen molar-refractivity contribution in [1.29, 1.82) is 0 Å². The minimum absolute atomic E-state index is 0.0843. The first-order valence-electron chi connectivity index (χ1n) is 12.8. The van der Waals surface area contributed by atoms with Crippen molar-refractivity contribution in [1.82, 2.24) is 5.32 Å². The maximum atomic E-state index is 12.9. The number of hydrogen-bond acceptors (Lipinski definition) is 3. The SMILES string of the molecule is Cc1cc(OCC(C)(C)CCc2ccc(C(=O)NCCC(=O)O)cc2)cc(C)c1-c1ccc(C(F)(F)F)cc1. The summed E-state index contributed by atoms with van der Waals surface area (Å²) in [4.78, 5) is 22.7. The highest BCUT2D eigenvalue weighted by Gasteiger charge is 2.30. The van der Waals surface area contributed by atoms with Crippen LogP contribution in [0.3, 0.4) is 0 Å². The topological polar surface area (TPSA) is 75.6 Å². The predicted molar refractivity (Wildman–Crippen MR) is 145 cm³/mol. The largest absolute Gasteiger partial charge is 0.493 e. The summed E-state index contributed by atoms with van der Waals surface area (Å²) in [5, 5.41) is 11.3. The van der Waals surface area contributed by atoms with Gasteiger partial charge in [0, 0.05) is 12.1 Å². The molecule has 0 bridgehead atoms. The zero-order chi connectivity index (χ0) is 28.8. The van der Waals surface area contributed by atoms with E-state index in [0.29, 0.717) is 17.9 Å². The number of ether oxygens (including phenoxy) is 1. The second kappa shape index (κ2) is 12.4. The smallest absolute Gasteiger partial charge is 0.416 e. The van der Waals surface area contributed by atoms with Gasteiger partial charge in [-0.25, -0.2) is 0 Å². The molecule has 2 N–H and O–H groups in total. The number of benzene rings is 3. The average molecular weight is 542 g/mol. The molecule has 0 saturated heterocycles. The van der Waals surface area contributed by atoms with Crippen LogP contribution in [-0.2, 0) is 17.4 Å². The third-order valence-electron chi connectivity index (χ3n) is 6.57. The first-order chi connectivity index (χ1) is 18.2. The molecule has 0 aliphatic carbocycles. The van der Waals surface area contributed by atoms with Crippen LogP contribution in [0.2, 0.25) is 0 Å². The van der Waals surface area contributed by atoms with Gasteiger partial charge in [-0.15, -0.1) is 0 Å². The summed E-state index contributed by atoms with van der Waals surface area (Å²) in [6, 6.07) is 16.3. The van der Waals surface area contributed by atoms with Crippen molar-refractivity contribution in [2.45, 2.75) is 53.1 Å². The number of aliphatic carboxylic acids is 1. The van der Waals surface area contributed by atoms with Crippen molar-refractivity contribution in [2.75, 3.05) is 13.2 Å². The van der Waals surface area contributed by atoms with Gasteiger partial charge in [0.15, 0.2) is 0 Å². The summed E-state index contributed by atoms with van der Waals surface area (Å²) in [7, 11) is 0. The van der Waals surface area contributed by atoms with Gasteiger partial charge in [-0.1, -0.05) is 38.1 Å². The average Bonchev–Trinajstić information content (AvgIpc) is 2.86. The number of carboxylic acids is 1.